The second-order valence-corrected chi connectivity index (χ2v) is 20.1. The lowest BCUT2D eigenvalue weighted by Crippen LogP contribution is -2.43. The molecule has 17 nitrogen and oxygen atoms in total. The molecule has 4 rings (SSSR count). The first-order chi connectivity index (χ1) is 27.0. The number of halogens is 6. The average molecular weight is 941 g/mol. The third-order valence-electron chi connectivity index (χ3n) is 9.47. The third-order valence-corrected chi connectivity index (χ3v) is 13.6. The number of rotatable bonds is 19. The first kappa shape index (κ1) is 48.0. The molecule has 7 N–H and O–H groups in total. The molecule has 0 saturated carbocycles. The Labute approximate surface area is 345 Å². The summed E-state index contributed by atoms with van der Waals surface area (Å²) >= 11 is 10.6. The van der Waals surface area contributed by atoms with Gasteiger partial charge in [-0.3, -0.25) is 13.7 Å². The average Bonchev–Trinajstić information content (AvgIpc) is 4.01. The van der Waals surface area contributed by atoms with Crippen LogP contribution in [0.2, 0.25) is 0 Å². The van der Waals surface area contributed by atoms with Crippen LogP contribution in [0.25, 0.3) is 0 Å². The summed E-state index contributed by atoms with van der Waals surface area (Å²) in [5, 5.41) is 18.4. The van der Waals surface area contributed by atoms with E-state index in [0.717, 1.165) is 31.2 Å². The summed E-state index contributed by atoms with van der Waals surface area (Å²) in [4.78, 5) is 0. The molecule has 59 heavy (non-hydrogen) atoms. The number of hydrogen-bond acceptors (Lipinski definition) is 12. The van der Waals surface area contributed by atoms with Crippen molar-refractivity contribution in [2.24, 2.45) is 20.5 Å². The maximum Gasteiger partial charge on any atom is 0.442 e. The van der Waals surface area contributed by atoms with E-state index >= 15 is 0 Å². The van der Waals surface area contributed by atoms with Crippen LogP contribution in [0.15, 0.2) is 69.0 Å². The first-order valence-electron chi connectivity index (χ1n) is 17.2. The van der Waals surface area contributed by atoms with Gasteiger partial charge in [0.2, 0.25) is 0 Å². The Morgan fingerprint density at radius 3 is 1.37 bits per heavy atom. The Morgan fingerprint density at radius 2 is 1.02 bits per heavy atom. The van der Waals surface area contributed by atoms with Gasteiger partial charge < -0.3 is 21.3 Å². The second-order valence-electron chi connectivity index (χ2n) is 13.9. The van der Waals surface area contributed by atoms with Crippen LogP contribution in [-0.4, -0.2) is 89.3 Å². The van der Waals surface area contributed by atoms with Gasteiger partial charge >= 0.3 is 23.7 Å². The second kappa shape index (κ2) is 17.7. The minimum atomic E-state index is -4.96. The fraction of sp³-hybridized carbons (Fsp3) is 0.548. The predicted molar refractivity (Wildman–Crippen MR) is 209 cm³/mol. The lowest BCUT2D eigenvalue weighted by molar-refractivity contribution is -0.166. The standard InChI is InChI=1S/C31H38F6N8O9S5/c1-17(57(46,47)48)9-10-24(41-27(56)39-22-8-4-6-20(15-22)29(44-45-29)31(35,36)37)16-25(59(52,53)54)12-11-23(13-18(2)58(49,50)51)40-26(55)38-21-7-3-5-19(14-21)28(42-43-28)30(32,33)34/h3-8,14-15,17-18,23-25H,9-13,16H2,1-2H3,(H2,38,40,55)(H2,39,41,56)(H,46,47,48)(H,49,50,51)(H,52,53,54). The summed E-state index contributed by atoms with van der Waals surface area (Å²) in [5.74, 6) is 0. The molecule has 0 aromatic heterocycles. The minimum absolute atomic E-state index is 0.0351. The molecule has 2 heterocycles. The largest absolute Gasteiger partial charge is 0.442 e. The van der Waals surface area contributed by atoms with Crippen LogP contribution >= 0.6 is 24.4 Å². The van der Waals surface area contributed by atoms with Crippen LogP contribution in [0.5, 0.6) is 0 Å². The van der Waals surface area contributed by atoms with Crippen LogP contribution in [0.1, 0.15) is 63.5 Å². The molecule has 0 saturated heterocycles. The van der Waals surface area contributed by atoms with Gasteiger partial charge in [-0.2, -0.15) is 51.6 Å². The highest BCUT2D eigenvalue weighted by molar-refractivity contribution is 7.87. The maximum absolute atomic E-state index is 13.6. The van der Waals surface area contributed by atoms with Gasteiger partial charge in [-0.15, -0.1) is 20.5 Å². The Balaban J connectivity index is 1.51. The van der Waals surface area contributed by atoms with Gasteiger partial charge in [0.25, 0.3) is 30.4 Å². The van der Waals surface area contributed by atoms with Crippen molar-refractivity contribution in [1.29, 1.82) is 0 Å². The Hall–Kier alpha value is -3.67. The van der Waals surface area contributed by atoms with Gasteiger partial charge in [0.15, 0.2) is 10.2 Å². The van der Waals surface area contributed by atoms with E-state index in [1.165, 1.54) is 31.2 Å². The van der Waals surface area contributed by atoms with Crippen molar-refractivity contribution < 1.29 is 65.3 Å². The number of hydrogen-bond donors (Lipinski definition) is 7. The Morgan fingerprint density at radius 1 is 0.627 bits per heavy atom. The van der Waals surface area contributed by atoms with Gasteiger partial charge in [0.1, 0.15) is 0 Å². The van der Waals surface area contributed by atoms with Crippen molar-refractivity contribution in [2.75, 3.05) is 10.6 Å². The molecule has 2 aliphatic heterocycles. The van der Waals surface area contributed by atoms with E-state index in [9.17, 15) is 65.3 Å². The number of thiocarbonyl (C=S) groups is 2. The zero-order valence-corrected chi connectivity index (χ0v) is 34.7. The summed E-state index contributed by atoms with van der Waals surface area (Å²) in [7, 11) is -14.2. The summed E-state index contributed by atoms with van der Waals surface area (Å²) in [6.07, 6.45) is -11.7. The molecule has 0 aliphatic carbocycles. The number of nitrogens with one attached hydrogen (secondary N) is 4. The molecule has 2 aromatic carbocycles. The summed E-state index contributed by atoms with van der Waals surface area (Å²) < 4.78 is 184. The number of anilines is 2. The Bertz CT molecular complexity index is 2290. The normalized spacial score (nSPS) is 18.5. The predicted octanol–water partition coefficient (Wildman–Crippen LogP) is 6.21. The molecule has 0 radical (unpaired) electrons. The van der Waals surface area contributed by atoms with Gasteiger partial charge in [-0.1, -0.05) is 24.3 Å². The number of benzene rings is 2. The van der Waals surface area contributed by atoms with Gasteiger partial charge in [-0.25, -0.2) is 0 Å². The first-order valence-corrected chi connectivity index (χ1v) is 22.6. The Kier molecular flexibility index (Phi) is 14.4. The summed E-state index contributed by atoms with van der Waals surface area (Å²) in [6, 6.07) is 7.53. The van der Waals surface area contributed by atoms with Crippen molar-refractivity contribution in [3.8, 4) is 0 Å². The molecule has 0 spiro atoms. The maximum atomic E-state index is 13.6. The summed E-state index contributed by atoms with van der Waals surface area (Å²) in [6.45, 7) is 2.31. The quantitative estimate of drug-likeness (QED) is 0.0469. The number of nitrogens with zero attached hydrogens (tertiary/aromatic N) is 4. The van der Waals surface area contributed by atoms with Gasteiger partial charge in [0, 0.05) is 34.6 Å². The SMILES string of the molecule is CC(CCC(CC(CCC(CC(C)S(=O)(=O)O)NC(=S)Nc1cccc(C2(C(F)(F)F)N=N2)c1)S(=O)(=O)O)NC(=S)Nc1cccc(C2(C(F)(F)F)N=N2)c1)S(=O)(=O)O. The van der Waals surface area contributed by atoms with Crippen LogP contribution in [0, 0.1) is 0 Å². The fourth-order valence-electron chi connectivity index (χ4n) is 5.92. The molecule has 28 heteroatoms. The van der Waals surface area contributed by atoms with Crippen molar-refractivity contribution in [2.45, 2.75) is 104 Å². The van der Waals surface area contributed by atoms with Crippen LogP contribution in [-0.2, 0) is 41.7 Å². The molecule has 2 aromatic rings. The van der Waals surface area contributed by atoms with E-state index in [1.54, 1.807) is 0 Å². The van der Waals surface area contributed by atoms with E-state index in [2.05, 4.69) is 41.7 Å². The molecular formula is C31H38F6N8O9S5. The highest BCUT2D eigenvalue weighted by Crippen LogP contribution is 2.53. The van der Waals surface area contributed by atoms with Crippen molar-refractivity contribution in [3.63, 3.8) is 0 Å². The van der Waals surface area contributed by atoms with Crippen molar-refractivity contribution in [3.05, 3.63) is 59.7 Å². The molecule has 5 unspecified atom stereocenters. The lowest BCUT2D eigenvalue weighted by atomic mass is 9.99. The molecule has 0 amide bonds. The van der Waals surface area contributed by atoms with Crippen molar-refractivity contribution >= 4 is 76.4 Å². The lowest BCUT2D eigenvalue weighted by Gasteiger charge is -2.27. The van der Waals surface area contributed by atoms with E-state index in [-0.39, 0.29) is 52.0 Å². The minimum Gasteiger partial charge on any atom is -0.360 e. The highest BCUT2D eigenvalue weighted by atomic mass is 32.2. The van der Waals surface area contributed by atoms with Crippen LogP contribution < -0.4 is 21.3 Å². The zero-order valence-electron chi connectivity index (χ0n) is 30.6. The van der Waals surface area contributed by atoms with Crippen LogP contribution in [0.3, 0.4) is 0 Å². The highest BCUT2D eigenvalue weighted by Gasteiger charge is 2.66. The van der Waals surface area contributed by atoms with E-state index in [4.69, 9.17) is 24.4 Å². The molecule has 328 valence electrons. The number of alkyl halides is 6. The smallest absolute Gasteiger partial charge is 0.360 e. The molecule has 0 fully saturated rings. The fourth-order valence-corrected chi connectivity index (χ4v) is 8.30. The topological polar surface area (TPSA) is 261 Å². The zero-order chi connectivity index (χ0) is 44.4. The molecule has 5 atom stereocenters. The van der Waals surface area contributed by atoms with E-state index < -0.39 is 101 Å². The molecule has 0 bridgehead atoms. The van der Waals surface area contributed by atoms with E-state index in [0.29, 0.717) is 0 Å². The van der Waals surface area contributed by atoms with E-state index in [1.807, 2.05) is 0 Å². The van der Waals surface area contributed by atoms with Gasteiger partial charge in [-0.05, 0) is 101 Å². The van der Waals surface area contributed by atoms with Crippen molar-refractivity contribution in [1.82, 2.24) is 10.6 Å². The van der Waals surface area contributed by atoms with Crippen LogP contribution in [0.4, 0.5) is 37.7 Å². The van der Waals surface area contributed by atoms with Gasteiger partial charge in [0.05, 0.1) is 15.7 Å². The molecule has 2 aliphatic rings. The monoisotopic (exact) mass is 940 g/mol. The molecular weight excluding hydrogens is 903 g/mol. The summed E-state index contributed by atoms with van der Waals surface area (Å²) in [5.41, 5.74) is -6.09. The third kappa shape index (κ3) is 12.7.